The van der Waals surface area contributed by atoms with E-state index >= 15 is 0 Å². The first-order chi connectivity index (χ1) is 8.22. The van der Waals surface area contributed by atoms with E-state index in [2.05, 4.69) is 15.1 Å². The topological polar surface area (TPSA) is 101 Å². The van der Waals surface area contributed by atoms with Crippen LogP contribution in [0.3, 0.4) is 0 Å². The highest BCUT2D eigenvalue weighted by atomic mass is 32.2. The Morgan fingerprint density at radius 1 is 1.47 bits per heavy atom. The van der Waals surface area contributed by atoms with E-state index in [-0.39, 0.29) is 12.4 Å². The molecular formula is C9H10N4O3S. The van der Waals surface area contributed by atoms with Gasteiger partial charge in [-0.3, -0.25) is 4.79 Å². The third kappa shape index (κ3) is 2.53. The van der Waals surface area contributed by atoms with Gasteiger partial charge in [-0.05, 0) is 0 Å². The molecule has 2 aromatic heterocycles. The van der Waals surface area contributed by atoms with Gasteiger partial charge in [0, 0.05) is 0 Å². The van der Waals surface area contributed by atoms with Gasteiger partial charge in [0.1, 0.15) is 11.4 Å². The molecular weight excluding hydrogens is 244 g/mol. The molecule has 0 aromatic carbocycles. The number of carboxylic acid groups (broad SMARTS) is 1. The molecule has 17 heavy (non-hydrogen) atoms. The zero-order chi connectivity index (χ0) is 12.3. The number of fused-ring (bicyclic) bond motifs is 1. The summed E-state index contributed by atoms with van der Waals surface area (Å²) in [5, 5.41) is 22.8. The maximum Gasteiger partial charge on any atom is 0.313 e. The molecule has 2 heterocycles. The van der Waals surface area contributed by atoms with Gasteiger partial charge in [0.05, 0.1) is 30.5 Å². The number of aromatic nitrogens is 4. The van der Waals surface area contributed by atoms with Gasteiger partial charge in [-0.15, -0.1) is 0 Å². The molecule has 0 aliphatic heterocycles. The van der Waals surface area contributed by atoms with Crippen LogP contribution in [0.5, 0.6) is 0 Å². The number of aliphatic carboxylic acids is 1. The highest BCUT2D eigenvalue weighted by Gasteiger charge is 2.10. The molecule has 0 aliphatic rings. The van der Waals surface area contributed by atoms with E-state index < -0.39 is 5.97 Å². The largest absolute Gasteiger partial charge is 0.481 e. The zero-order valence-corrected chi connectivity index (χ0v) is 9.59. The lowest BCUT2D eigenvalue weighted by Gasteiger charge is -2.01. The van der Waals surface area contributed by atoms with E-state index in [1.165, 1.54) is 6.33 Å². The van der Waals surface area contributed by atoms with Crippen LogP contribution in [0.2, 0.25) is 0 Å². The Balaban J connectivity index is 2.34. The Hall–Kier alpha value is -1.67. The van der Waals surface area contributed by atoms with E-state index in [0.29, 0.717) is 22.6 Å². The summed E-state index contributed by atoms with van der Waals surface area (Å²) >= 11 is 1.12. The lowest BCUT2D eigenvalue weighted by Crippen LogP contribution is -2.04. The molecule has 0 spiro atoms. The second-order valence-electron chi connectivity index (χ2n) is 3.19. The minimum Gasteiger partial charge on any atom is -0.481 e. The minimum atomic E-state index is -0.899. The number of carboxylic acids is 1. The maximum atomic E-state index is 10.5. The molecule has 2 rings (SSSR count). The van der Waals surface area contributed by atoms with Crippen LogP contribution in [-0.4, -0.2) is 48.3 Å². The van der Waals surface area contributed by atoms with Crippen LogP contribution in [0.4, 0.5) is 0 Å². The van der Waals surface area contributed by atoms with Crippen LogP contribution >= 0.6 is 11.8 Å². The summed E-state index contributed by atoms with van der Waals surface area (Å²) in [5.41, 5.74) is 0.599. The molecule has 8 heteroatoms. The fourth-order valence-electron chi connectivity index (χ4n) is 1.37. The van der Waals surface area contributed by atoms with Gasteiger partial charge in [-0.1, -0.05) is 11.8 Å². The van der Waals surface area contributed by atoms with E-state index in [1.807, 2.05) is 0 Å². The van der Waals surface area contributed by atoms with E-state index in [4.69, 9.17) is 10.2 Å². The molecule has 90 valence electrons. The van der Waals surface area contributed by atoms with E-state index in [0.717, 1.165) is 11.8 Å². The molecule has 0 unspecified atom stereocenters. The zero-order valence-electron chi connectivity index (χ0n) is 8.78. The first-order valence-corrected chi connectivity index (χ1v) is 5.83. The van der Waals surface area contributed by atoms with Crippen LogP contribution in [0.25, 0.3) is 11.0 Å². The van der Waals surface area contributed by atoms with Crippen molar-refractivity contribution in [2.75, 3.05) is 12.4 Å². The van der Waals surface area contributed by atoms with Gasteiger partial charge < -0.3 is 10.2 Å². The third-order valence-corrected chi connectivity index (χ3v) is 3.03. The lowest BCUT2D eigenvalue weighted by atomic mass is 10.4. The van der Waals surface area contributed by atoms with Crippen LogP contribution in [-0.2, 0) is 11.3 Å². The number of nitrogens with zero attached hydrogens (tertiary/aromatic N) is 4. The smallest absolute Gasteiger partial charge is 0.313 e. The summed E-state index contributed by atoms with van der Waals surface area (Å²) in [7, 11) is 0. The molecule has 0 bridgehead atoms. The summed E-state index contributed by atoms with van der Waals surface area (Å²) in [6.07, 6.45) is 2.94. The van der Waals surface area contributed by atoms with Crippen LogP contribution in [0.15, 0.2) is 17.6 Å². The first kappa shape index (κ1) is 11.8. The Kier molecular flexibility index (Phi) is 3.55. The van der Waals surface area contributed by atoms with Crippen molar-refractivity contribution in [2.24, 2.45) is 0 Å². The van der Waals surface area contributed by atoms with Crippen molar-refractivity contribution in [3.05, 3.63) is 12.5 Å². The second-order valence-corrected chi connectivity index (χ2v) is 4.15. The Labute approximate surface area is 100 Å². The van der Waals surface area contributed by atoms with Gasteiger partial charge >= 0.3 is 5.97 Å². The SMILES string of the molecule is O=C(O)CSc1ncnc2c1cnn2CCO. The molecule has 0 saturated carbocycles. The van der Waals surface area contributed by atoms with Crippen molar-refractivity contribution in [1.82, 2.24) is 19.7 Å². The summed E-state index contributed by atoms with van der Waals surface area (Å²) in [6.45, 7) is 0.321. The van der Waals surface area contributed by atoms with Crippen LogP contribution in [0, 0.1) is 0 Å². The van der Waals surface area contributed by atoms with Gasteiger partial charge in [0.25, 0.3) is 0 Å². The molecule has 0 aliphatic carbocycles. The molecule has 0 amide bonds. The summed E-state index contributed by atoms with van der Waals surface area (Å²) in [6, 6.07) is 0. The van der Waals surface area contributed by atoms with Crippen molar-refractivity contribution < 1.29 is 15.0 Å². The fraction of sp³-hybridized carbons (Fsp3) is 0.333. The van der Waals surface area contributed by atoms with Crippen molar-refractivity contribution >= 4 is 28.8 Å². The molecule has 2 N–H and O–H groups in total. The monoisotopic (exact) mass is 254 g/mol. The number of hydrogen-bond acceptors (Lipinski definition) is 6. The van der Waals surface area contributed by atoms with Crippen molar-refractivity contribution in [1.29, 1.82) is 0 Å². The maximum absolute atomic E-state index is 10.5. The number of hydrogen-bond donors (Lipinski definition) is 2. The summed E-state index contributed by atoms with van der Waals surface area (Å²) in [5.74, 6) is -0.957. The van der Waals surface area contributed by atoms with Crippen LogP contribution < -0.4 is 0 Å². The van der Waals surface area contributed by atoms with Crippen LogP contribution in [0.1, 0.15) is 0 Å². The van der Waals surface area contributed by atoms with Gasteiger partial charge in [0.2, 0.25) is 0 Å². The average molecular weight is 254 g/mol. The lowest BCUT2D eigenvalue weighted by molar-refractivity contribution is -0.133. The quantitative estimate of drug-likeness (QED) is 0.571. The number of carbonyl (C=O) groups is 1. The van der Waals surface area contributed by atoms with E-state index in [9.17, 15) is 4.79 Å². The number of aliphatic hydroxyl groups excluding tert-OH is 1. The Bertz CT molecular complexity index is 542. The highest BCUT2D eigenvalue weighted by Crippen LogP contribution is 2.23. The van der Waals surface area contributed by atoms with Gasteiger partial charge in [-0.2, -0.15) is 5.10 Å². The standard InChI is InChI=1S/C9H10N4O3S/c14-2-1-13-8-6(3-12-13)9(11-5-10-8)17-4-7(15)16/h3,5,14H,1-2,4H2,(H,15,16). The predicted octanol–water partition coefficient (Wildman–Crippen LogP) is -0.00470. The molecule has 0 atom stereocenters. The van der Waals surface area contributed by atoms with Gasteiger partial charge in [-0.25, -0.2) is 14.6 Å². The van der Waals surface area contributed by atoms with Crippen molar-refractivity contribution in [2.45, 2.75) is 11.6 Å². The molecule has 2 aromatic rings. The first-order valence-electron chi connectivity index (χ1n) is 4.84. The molecule has 0 saturated heterocycles. The number of rotatable bonds is 5. The molecule has 0 fully saturated rings. The second kappa shape index (κ2) is 5.11. The Morgan fingerprint density at radius 3 is 3.00 bits per heavy atom. The van der Waals surface area contributed by atoms with E-state index in [1.54, 1.807) is 10.9 Å². The normalized spacial score (nSPS) is 10.9. The number of thioether (sulfide) groups is 1. The highest BCUT2D eigenvalue weighted by molar-refractivity contribution is 8.00. The summed E-state index contributed by atoms with van der Waals surface area (Å²) < 4.78 is 1.56. The number of aliphatic hydroxyl groups is 1. The minimum absolute atomic E-state index is 0.0294. The average Bonchev–Trinajstić information content (AvgIpc) is 2.71. The summed E-state index contributed by atoms with van der Waals surface area (Å²) in [4.78, 5) is 18.6. The van der Waals surface area contributed by atoms with Gasteiger partial charge in [0.15, 0.2) is 5.65 Å². The van der Waals surface area contributed by atoms with Crippen molar-refractivity contribution in [3.8, 4) is 0 Å². The molecule has 0 radical (unpaired) electrons. The third-order valence-electron chi connectivity index (χ3n) is 2.04. The molecule has 7 nitrogen and oxygen atoms in total. The Morgan fingerprint density at radius 2 is 2.29 bits per heavy atom. The predicted molar refractivity (Wildman–Crippen MR) is 60.8 cm³/mol. The fourth-order valence-corrected chi connectivity index (χ4v) is 2.06. The van der Waals surface area contributed by atoms with Crippen molar-refractivity contribution in [3.63, 3.8) is 0 Å².